The number of amides is 1. The van der Waals surface area contributed by atoms with Crippen molar-refractivity contribution in [1.29, 1.82) is 0 Å². The fourth-order valence-electron chi connectivity index (χ4n) is 3.81. The van der Waals surface area contributed by atoms with Crippen LogP contribution in [-0.4, -0.2) is 10.9 Å². The van der Waals surface area contributed by atoms with Crippen LogP contribution >= 0.6 is 0 Å². The number of furan rings is 1. The van der Waals surface area contributed by atoms with Gasteiger partial charge in [0.1, 0.15) is 11.2 Å². The molecule has 0 aliphatic carbocycles. The molecule has 0 saturated carbocycles. The van der Waals surface area contributed by atoms with Gasteiger partial charge in [-0.3, -0.25) is 9.78 Å². The van der Waals surface area contributed by atoms with Crippen LogP contribution in [-0.2, 0) is 23.2 Å². The second-order valence-corrected chi connectivity index (χ2v) is 8.87. The van der Waals surface area contributed by atoms with E-state index in [2.05, 4.69) is 31.1 Å². The number of nitrogens with zero attached hydrogens (tertiary/aromatic N) is 1. The summed E-state index contributed by atoms with van der Waals surface area (Å²) in [7, 11) is 0. The van der Waals surface area contributed by atoms with Crippen LogP contribution in [0.3, 0.4) is 0 Å². The van der Waals surface area contributed by atoms with Gasteiger partial charge in [0.05, 0.1) is 6.26 Å². The van der Waals surface area contributed by atoms with E-state index < -0.39 is 5.63 Å². The first kappa shape index (κ1) is 20.8. The Labute approximate surface area is 180 Å². The molecule has 3 aromatic heterocycles. The summed E-state index contributed by atoms with van der Waals surface area (Å²) >= 11 is 0. The van der Waals surface area contributed by atoms with E-state index >= 15 is 0 Å². The van der Waals surface area contributed by atoms with Crippen LogP contribution in [0.4, 0.5) is 0 Å². The first-order valence-corrected chi connectivity index (χ1v) is 10.4. The SMILES string of the molecule is Cc1c(CCC(=O)NCc2ccncc2)c(=O)oc2cc3occ(C(C)(C)C)c3cc12. The Morgan fingerprint density at radius 2 is 1.84 bits per heavy atom. The summed E-state index contributed by atoms with van der Waals surface area (Å²) < 4.78 is 11.3. The van der Waals surface area contributed by atoms with Gasteiger partial charge in [-0.25, -0.2) is 4.79 Å². The zero-order valence-electron chi connectivity index (χ0n) is 18.2. The Hall–Kier alpha value is -3.41. The predicted octanol–water partition coefficient (Wildman–Crippen LogP) is 4.79. The fourth-order valence-corrected chi connectivity index (χ4v) is 3.81. The topological polar surface area (TPSA) is 85.3 Å². The number of nitrogens with one attached hydrogen (secondary N) is 1. The largest absolute Gasteiger partial charge is 0.464 e. The van der Waals surface area contributed by atoms with Crippen LogP contribution in [0.1, 0.15) is 49.4 Å². The van der Waals surface area contributed by atoms with Gasteiger partial charge in [0, 0.05) is 53.3 Å². The molecule has 1 amide bonds. The lowest BCUT2D eigenvalue weighted by Crippen LogP contribution is -2.24. The standard InChI is InChI=1S/C25H26N2O4/c1-15-17(5-6-23(28)27-13-16-7-9-26-10-8-16)24(29)31-22-12-21-19(11-18(15)22)20(14-30-21)25(2,3)4/h7-12,14H,5-6,13H2,1-4H3,(H,27,28). The molecule has 160 valence electrons. The molecule has 6 heteroatoms. The Kier molecular flexibility index (Phi) is 5.39. The highest BCUT2D eigenvalue weighted by molar-refractivity contribution is 5.96. The molecule has 0 unspecified atom stereocenters. The molecule has 4 rings (SSSR count). The highest BCUT2D eigenvalue weighted by Gasteiger charge is 2.21. The highest BCUT2D eigenvalue weighted by atomic mass is 16.4. The van der Waals surface area contributed by atoms with Crippen molar-refractivity contribution in [2.24, 2.45) is 0 Å². The van der Waals surface area contributed by atoms with Crippen LogP contribution in [0.25, 0.3) is 21.9 Å². The minimum atomic E-state index is -0.408. The zero-order valence-corrected chi connectivity index (χ0v) is 18.2. The van der Waals surface area contributed by atoms with E-state index in [0.717, 1.165) is 27.5 Å². The molecule has 4 aromatic rings. The summed E-state index contributed by atoms with van der Waals surface area (Å²) in [6.07, 6.45) is 5.68. The third kappa shape index (κ3) is 4.24. The van der Waals surface area contributed by atoms with Gasteiger partial charge in [-0.1, -0.05) is 20.8 Å². The molecule has 31 heavy (non-hydrogen) atoms. The Morgan fingerprint density at radius 1 is 1.10 bits per heavy atom. The summed E-state index contributed by atoms with van der Waals surface area (Å²) in [6, 6.07) is 7.51. The molecule has 0 aliphatic heterocycles. The molecule has 3 heterocycles. The number of hydrogen-bond donors (Lipinski definition) is 1. The predicted molar refractivity (Wildman–Crippen MR) is 120 cm³/mol. The van der Waals surface area contributed by atoms with Gasteiger partial charge in [0.15, 0.2) is 0 Å². The van der Waals surface area contributed by atoms with Gasteiger partial charge in [-0.05, 0) is 48.1 Å². The maximum Gasteiger partial charge on any atom is 0.339 e. The molecule has 0 aliphatic rings. The van der Waals surface area contributed by atoms with Crippen LogP contribution in [0.2, 0.25) is 0 Å². The average Bonchev–Trinajstić information content (AvgIpc) is 3.15. The number of carbonyl (C=O) groups is 1. The summed E-state index contributed by atoms with van der Waals surface area (Å²) in [5, 5.41) is 4.76. The Balaban J connectivity index is 1.59. The van der Waals surface area contributed by atoms with Gasteiger partial charge >= 0.3 is 5.63 Å². The number of benzene rings is 1. The quantitative estimate of drug-likeness (QED) is 0.471. The lowest BCUT2D eigenvalue weighted by Gasteiger charge is -2.16. The van der Waals surface area contributed by atoms with Crippen LogP contribution < -0.4 is 10.9 Å². The lowest BCUT2D eigenvalue weighted by atomic mass is 9.86. The molecular formula is C25H26N2O4. The van der Waals surface area contributed by atoms with Crippen molar-refractivity contribution in [3.63, 3.8) is 0 Å². The van der Waals surface area contributed by atoms with E-state index in [0.29, 0.717) is 29.7 Å². The van der Waals surface area contributed by atoms with Gasteiger partial charge in [-0.15, -0.1) is 0 Å². The third-order valence-electron chi connectivity index (χ3n) is 5.63. The van der Waals surface area contributed by atoms with Crippen molar-refractivity contribution in [2.75, 3.05) is 0 Å². The minimum absolute atomic E-state index is 0.0712. The van der Waals surface area contributed by atoms with Gasteiger partial charge < -0.3 is 14.2 Å². The van der Waals surface area contributed by atoms with Crippen molar-refractivity contribution in [3.05, 3.63) is 75.6 Å². The number of aryl methyl sites for hydroxylation is 1. The van der Waals surface area contributed by atoms with Crippen LogP contribution in [0.15, 0.2) is 56.6 Å². The van der Waals surface area contributed by atoms with Crippen molar-refractivity contribution in [3.8, 4) is 0 Å². The number of aromatic nitrogens is 1. The van der Waals surface area contributed by atoms with Gasteiger partial charge in [-0.2, -0.15) is 0 Å². The van der Waals surface area contributed by atoms with E-state index in [9.17, 15) is 9.59 Å². The Bertz CT molecular complexity index is 1310. The van der Waals surface area contributed by atoms with E-state index in [1.807, 2.05) is 25.1 Å². The van der Waals surface area contributed by atoms with E-state index in [1.165, 1.54) is 0 Å². The molecular weight excluding hydrogens is 392 g/mol. The third-order valence-corrected chi connectivity index (χ3v) is 5.63. The zero-order chi connectivity index (χ0) is 22.2. The van der Waals surface area contributed by atoms with E-state index in [1.54, 1.807) is 24.7 Å². The summed E-state index contributed by atoms with van der Waals surface area (Å²) in [5.74, 6) is -0.115. The highest BCUT2D eigenvalue weighted by Crippen LogP contribution is 2.35. The molecule has 6 nitrogen and oxygen atoms in total. The monoisotopic (exact) mass is 418 g/mol. The molecule has 0 spiro atoms. The molecule has 0 fully saturated rings. The molecule has 0 radical (unpaired) electrons. The maximum atomic E-state index is 12.6. The maximum absolute atomic E-state index is 12.6. The van der Waals surface area contributed by atoms with Crippen LogP contribution in [0.5, 0.6) is 0 Å². The number of pyridine rings is 1. The fraction of sp³-hybridized carbons (Fsp3) is 0.320. The van der Waals surface area contributed by atoms with Crippen molar-refractivity contribution in [1.82, 2.24) is 10.3 Å². The lowest BCUT2D eigenvalue weighted by molar-refractivity contribution is -0.121. The van der Waals surface area contributed by atoms with Crippen molar-refractivity contribution < 1.29 is 13.6 Å². The minimum Gasteiger partial charge on any atom is -0.464 e. The molecule has 1 aromatic carbocycles. The number of fused-ring (bicyclic) bond motifs is 2. The van der Waals surface area contributed by atoms with E-state index in [4.69, 9.17) is 8.83 Å². The van der Waals surface area contributed by atoms with Gasteiger partial charge in [0.2, 0.25) is 5.91 Å². The molecule has 0 atom stereocenters. The van der Waals surface area contributed by atoms with Crippen LogP contribution in [0, 0.1) is 6.92 Å². The molecule has 0 saturated heterocycles. The normalized spacial score (nSPS) is 11.9. The summed E-state index contributed by atoms with van der Waals surface area (Å²) in [6.45, 7) is 8.74. The molecule has 0 bridgehead atoms. The smallest absolute Gasteiger partial charge is 0.339 e. The average molecular weight is 418 g/mol. The van der Waals surface area contributed by atoms with Crippen molar-refractivity contribution >= 4 is 27.8 Å². The van der Waals surface area contributed by atoms with Gasteiger partial charge in [0.25, 0.3) is 0 Å². The summed E-state index contributed by atoms with van der Waals surface area (Å²) in [4.78, 5) is 28.9. The number of carbonyl (C=O) groups excluding carboxylic acids is 1. The second-order valence-electron chi connectivity index (χ2n) is 8.87. The second kappa shape index (κ2) is 8.02. The number of rotatable bonds is 5. The van der Waals surface area contributed by atoms with Crippen molar-refractivity contribution in [2.45, 2.75) is 52.5 Å². The molecule has 1 N–H and O–H groups in total. The summed E-state index contributed by atoms with van der Waals surface area (Å²) in [5.41, 5.74) is 4.17. The number of hydrogen-bond acceptors (Lipinski definition) is 5. The first-order chi connectivity index (χ1) is 14.7. The Morgan fingerprint density at radius 3 is 2.55 bits per heavy atom. The van der Waals surface area contributed by atoms with E-state index in [-0.39, 0.29) is 17.7 Å². The first-order valence-electron chi connectivity index (χ1n) is 10.4.